The van der Waals surface area contributed by atoms with Crippen molar-refractivity contribution in [1.82, 2.24) is 5.32 Å². The zero-order valence-electron chi connectivity index (χ0n) is 18.7. The number of halogens is 1. The summed E-state index contributed by atoms with van der Waals surface area (Å²) in [6, 6.07) is 13.6. The van der Waals surface area contributed by atoms with Crippen LogP contribution in [0.25, 0.3) is 0 Å². The lowest BCUT2D eigenvalue weighted by molar-refractivity contribution is -0.116. The average Bonchev–Trinajstić information content (AvgIpc) is 2.78. The molecule has 2 aromatic rings. The van der Waals surface area contributed by atoms with Crippen LogP contribution in [0.2, 0.25) is 5.02 Å². The molecule has 0 saturated heterocycles. The van der Waals surface area contributed by atoms with Gasteiger partial charge in [-0.1, -0.05) is 43.0 Å². The van der Waals surface area contributed by atoms with Crippen LogP contribution in [0.15, 0.2) is 48.5 Å². The minimum absolute atomic E-state index is 0.109. The lowest BCUT2D eigenvalue weighted by atomic mass is 9.95. The first-order valence-corrected chi connectivity index (χ1v) is 13.4. The standard InChI is InChI=1S/C24H30ClN3O4S/c1-33(31,32)28(20-15-13-18(25)14-16-20)17-7-12-23(29)27-22-11-6-5-10-21(22)24(30)26-19-8-3-2-4-9-19/h5-6,10-11,13-16,19H,2-4,7-9,12,17H2,1H3,(H,26,30)(H,27,29). The number of carbonyl (C=O) groups excluding carboxylic acids is 2. The van der Waals surface area contributed by atoms with E-state index in [4.69, 9.17) is 11.6 Å². The Balaban J connectivity index is 1.58. The molecule has 178 valence electrons. The number of anilines is 2. The van der Waals surface area contributed by atoms with Crippen LogP contribution in [0, 0.1) is 0 Å². The Bertz CT molecular complexity index is 1070. The lowest BCUT2D eigenvalue weighted by Gasteiger charge is -2.23. The highest BCUT2D eigenvalue weighted by molar-refractivity contribution is 7.92. The number of hydrogen-bond donors (Lipinski definition) is 2. The highest BCUT2D eigenvalue weighted by atomic mass is 35.5. The smallest absolute Gasteiger partial charge is 0.253 e. The van der Waals surface area contributed by atoms with Crippen LogP contribution in [0.5, 0.6) is 0 Å². The zero-order valence-corrected chi connectivity index (χ0v) is 20.3. The van der Waals surface area contributed by atoms with Crippen molar-refractivity contribution >= 4 is 44.8 Å². The van der Waals surface area contributed by atoms with Gasteiger partial charge in [0.2, 0.25) is 15.9 Å². The number of nitrogens with one attached hydrogen (secondary N) is 2. The normalized spacial score (nSPS) is 14.5. The van der Waals surface area contributed by atoms with E-state index in [2.05, 4.69) is 10.6 Å². The van der Waals surface area contributed by atoms with Crippen LogP contribution >= 0.6 is 11.6 Å². The number of benzene rings is 2. The highest BCUT2D eigenvalue weighted by Gasteiger charge is 2.20. The molecule has 0 radical (unpaired) electrons. The van der Waals surface area contributed by atoms with Crippen LogP contribution in [0.1, 0.15) is 55.3 Å². The molecule has 2 aromatic carbocycles. The molecule has 0 aliphatic heterocycles. The van der Waals surface area contributed by atoms with Crippen molar-refractivity contribution in [2.24, 2.45) is 0 Å². The number of amides is 2. The van der Waals surface area contributed by atoms with E-state index in [0.29, 0.717) is 28.4 Å². The summed E-state index contributed by atoms with van der Waals surface area (Å²) in [7, 11) is -3.51. The van der Waals surface area contributed by atoms with Gasteiger partial charge in [0.25, 0.3) is 5.91 Å². The summed E-state index contributed by atoms with van der Waals surface area (Å²) in [6.45, 7) is 0.150. The molecule has 2 amide bonds. The van der Waals surface area contributed by atoms with Gasteiger partial charge < -0.3 is 10.6 Å². The van der Waals surface area contributed by atoms with Gasteiger partial charge in [-0.05, 0) is 55.7 Å². The molecule has 0 heterocycles. The second-order valence-electron chi connectivity index (χ2n) is 8.32. The minimum Gasteiger partial charge on any atom is -0.349 e. The predicted octanol–water partition coefficient (Wildman–Crippen LogP) is 4.59. The summed E-state index contributed by atoms with van der Waals surface area (Å²) in [6.07, 6.45) is 6.94. The maximum atomic E-state index is 12.8. The number of nitrogens with zero attached hydrogens (tertiary/aromatic N) is 1. The van der Waals surface area contributed by atoms with Crippen molar-refractivity contribution in [3.63, 3.8) is 0 Å². The molecule has 0 unspecified atom stereocenters. The molecular weight excluding hydrogens is 462 g/mol. The van der Waals surface area contributed by atoms with E-state index in [9.17, 15) is 18.0 Å². The topological polar surface area (TPSA) is 95.6 Å². The Hall–Kier alpha value is -2.58. The number of para-hydroxylation sites is 1. The van der Waals surface area contributed by atoms with Gasteiger partial charge in [0.05, 0.1) is 23.2 Å². The molecule has 0 aromatic heterocycles. The molecular formula is C24H30ClN3O4S. The van der Waals surface area contributed by atoms with Crippen LogP contribution < -0.4 is 14.9 Å². The van der Waals surface area contributed by atoms with E-state index in [1.807, 2.05) is 0 Å². The lowest BCUT2D eigenvalue weighted by Crippen LogP contribution is -2.36. The van der Waals surface area contributed by atoms with Crippen molar-refractivity contribution in [3.8, 4) is 0 Å². The molecule has 0 atom stereocenters. The summed E-state index contributed by atoms with van der Waals surface area (Å²) in [4.78, 5) is 25.3. The second-order valence-corrected chi connectivity index (χ2v) is 10.7. The van der Waals surface area contributed by atoms with E-state index >= 15 is 0 Å². The Morgan fingerprint density at radius 3 is 2.36 bits per heavy atom. The first-order valence-electron chi connectivity index (χ1n) is 11.2. The minimum atomic E-state index is -3.51. The van der Waals surface area contributed by atoms with Crippen molar-refractivity contribution in [2.75, 3.05) is 22.4 Å². The molecule has 1 aliphatic carbocycles. The molecule has 0 bridgehead atoms. The van der Waals surface area contributed by atoms with Gasteiger partial charge in [-0.2, -0.15) is 0 Å². The second kappa shape index (κ2) is 11.5. The van der Waals surface area contributed by atoms with E-state index in [1.165, 1.54) is 10.7 Å². The number of sulfonamides is 1. The van der Waals surface area contributed by atoms with Crippen LogP contribution in [0.3, 0.4) is 0 Å². The van der Waals surface area contributed by atoms with Crippen molar-refractivity contribution in [1.29, 1.82) is 0 Å². The molecule has 7 nitrogen and oxygen atoms in total. The SMILES string of the molecule is CS(=O)(=O)N(CCCC(=O)Nc1ccccc1C(=O)NC1CCCCC1)c1ccc(Cl)cc1. The number of rotatable bonds is 9. The predicted molar refractivity (Wildman–Crippen MR) is 132 cm³/mol. The van der Waals surface area contributed by atoms with Crippen molar-refractivity contribution in [2.45, 2.75) is 51.0 Å². The van der Waals surface area contributed by atoms with Crippen LogP contribution in [-0.4, -0.2) is 39.1 Å². The van der Waals surface area contributed by atoms with E-state index in [0.717, 1.165) is 31.9 Å². The molecule has 33 heavy (non-hydrogen) atoms. The Kier molecular flexibility index (Phi) is 8.74. The van der Waals surface area contributed by atoms with Gasteiger partial charge in [0.15, 0.2) is 0 Å². The maximum Gasteiger partial charge on any atom is 0.253 e. The van der Waals surface area contributed by atoms with Gasteiger partial charge in [0, 0.05) is 24.0 Å². The van der Waals surface area contributed by atoms with Gasteiger partial charge >= 0.3 is 0 Å². The van der Waals surface area contributed by atoms with Gasteiger partial charge in [0.1, 0.15) is 0 Å². The van der Waals surface area contributed by atoms with Gasteiger partial charge in [-0.15, -0.1) is 0 Å². The third kappa shape index (κ3) is 7.47. The third-order valence-corrected chi connectivity index (χ3v) is 7.11. The quantitative estimate of drug-likeness (QED) is 0.536. The monoisotopic (exact) mass is 491 g/mol. The fourth-order valence-electron chi connectivity index (χ4n) is 3.99. The Morgan fingerprint density at radius 2 is 1.70 bits per heavy atom. The summed E-state index contributed by atoms with van der Waals surface area (Å²) in [5.74, 6) is -0.471. The largest absolute Gasteiger partial charge is 0.349 e. The highest BCUT2D eigenvalue weighted by Crippen LogP contribution is 2.22. The first kappa shape index (κ1) is 25.1. The van der Waals surface area contributed by atoms with Crippen molar-refractivity contribution in [3.05, 3.63) is 59.1 Å². The van der Waals surface area contributed by atoms with E-state index in [1.54, 1.807) is 48.5 Å². The molecule has 1 fully saturated rings. The summed E-state index contributed by atoms with van der Waals surface area (Å²) in [5.41, 5.74) is 1.37. The van der Waals surface area contributed by atoms with Gasteiger partial charge in [-0.25, -0.2) is 8.42 Å². The summed E-state index contributed by atoms with van der Waals surface area (Å²) < 4.78 is 25.7. The van der Waals surface area contributed by atoms with Gasteiger partial charge in [-0.3, -0.25) is 13.9 Å². The summed E-state index contributed by atoms with van der Waals surface area (Å²) in [5, 5.41) is 6.39. The molecule has 1 aliphatic rings. The number of carbonyl (C=O) groups is 2. The number of hydrogen-bond acceptors (Lipinski definition) is 4. The molecule has 2 N–H and O–H groups in total. The third-order valence-electron chi connectivity index (χ3n) is 5.67. The molecule has 3 rings (SSSR count). The van der Waals surface area contributed by atoms with E-state index in [-0.39, 0.29) is 30.8 Å². The molecule has 9 heteroatoms. The van der Waals surface area contributed by atoms with Crippen molar-refractivity contribution < 1.29 is 18.0 Å². The zero-order chi connectivity index (χ0) is 23.8. The average molecular weight is 492 g/mol. The van der Waals surface area contributed by atoms with Crippen LogP contribution in [0.4, 0.5) is 11.4 Å². The van der Waals surface area contributed by atoms with Crippen LogP contribution in [-0.2, 0) is 14.8 Å². The fourth-order valence-corrected chi connectivity index (χ4v) is 5.08. The van der Waals surface area contributed by atoms with E-state index < -0.39 is 10.0 Å². The molecule has 1 saturated carbocycles. The summed E-state index contributed by atoms with van der Waals surface area (Å²) >= 11 is 5.89. The fraction of sp³-hybridized carbons (Fsp3) is 0.417. The Labute approximate surface area is 200 Å². The maximum absolute atomic E-state index is 12.8. The molecule has 0 spiro atoms. The first-order chi connectivity index (χ1) is 15.7. The Morgan fingerprint density at radius 1 is 1.03 bits per heavy atom.